The number of hydrogen-bond donors (Lipinski definition) is 2. The maximum atomic E-state index is 7.57. The second-order valence-corrected chi connectivity index (χ2v) is 0.724. The number of aliphatic hydroxyl groups is 1. The lowest BCUT2D eigenvalue weighted by atomic mass is 10.9. The lowest BCUT2D eigenvalue weighted by molar-refractivity contribution is 0.277. The zero-order chi connectivity index (χ0) is 5.41. The molecule has 3 nitrogen and oxygen atoms in total. The molecule has 0 unspecified atom stereocenters. The molecular formula is C4H15NO2. The van der Waals surface area contributed by atoms with E-state index in [1.54, 1.807) is 21.1 Å². The Morgan fingerprint density at radius 2 is 1.43 bits per heavy atom. The van der Waals surface area contributed by atoms with Gasteiger partial charge in [0, 0.05) is 20.8 Å². The number of aliphatic hydroxyl groups excluding tert-OH is 1. The normalized spacial score (nSPS) is 5.14. The lowest BCUT2D eigenvalue weighted by Crippen LogP contribution is -1.57. The van der Waals surface area contributed by atoms with Crippen molar-refractivity contribution in [3.63, 3.8) is 0 Å². The number of hydrogen-bond acceptors (Lipinski definition) is 3. The van der Waals surface area contributed by atoms with Crippen molar-refractivity contribution in [1.82, 2.24) is 6.15 Å². The standard InChI is InChI=1S/2C2H6O.H3N/c1-3-2;1-2-3;/h1-2H3;3H,2H2,1H3;1H3. The van der Waals surface area contributed by atoms with Crippen LogP contribution in [0.3, 0.4) is 0 Å². The molecule has 0 aliphatic heterocycles. The molecule has 0 amide bonds. The first-order valence-corrected chi connectivity index (χ1v) is 1.84. The average molecular weight is 109 g/mol. The molecule has 0 aromatic rings. The lowest BCUT2D eigenvalue weighted by Gasteiger charge is -1.61. The summed E-state index contributed by atoms with van der Waals surface area (Å²) in [5.74, 6) is 0. The van der Waals surface area contributed by atoms with Crippen LogP contribution >= 0.6 is 0 Å². The van der Waals surface area contributed by atoms with Gasteiger partial charge in [-0.3, -0.25) is 0 Å². The van der Waals surface area contributed by atoms with Crippen molar-refractivity contribution in [1.29, 1.82) is 0 Å². The fourth-order valence-corrected chi connectivity index (χ4v) is 0. The fraction of sp³-hybridized carbons (Fsp3) is 1.00. The molecule has 0 saturated heterocycles. The average Bonchev–Trinajstić information content (AvgIpc) is 1.39. The summed E-state index contributed by atoms with van der Waals surface area (Å²) in [6, 6.07) is 0. The van der Waals surface area contributed by atoms with E-state index in [1.165, 1.54) is 0 Å². The van der Waals surface area contributed by atoms with Gasteiger partial charge in [0.05, 0.1) is 0 Å². The minimum absolute atomic E-state index is 0. The van der Waals surface area contributed by atoms with Crippen LogP contribution in [0.1, 0.15) is 6.92 Å². The Labute approximate surface area is 44.9 Å². The molecule has 0 fully saturated rings. The summed E-state index contributed by atoms with van der Waals surface area (Å²) >= 11 is 0. The Morgan fingerprint density at radius 3 is 1.43 bits per heavy atom. The van der Waals surface area contributed by atoms with Crippen LogP contribution in [-0.4, -0.2) is 25.9 Å². The van der Waals surface area contributed by atoms with Gasteiger partial charge >= 0.3 is 0 Å². The van der Waals surface area contributed by atoms with Crippen molar-refractivity contribution in [2.45, 2.75) is 6.92 Å². The van der Waals surface area contributed by atoms with Gasteiger partial charge in [0.1, 0.15) is 0 Å². The highest BCUT2D eigenvalue weighted by Gasteiger charge is 1.34. The molecule has 0 atom stereocenters. The van der Waals surface area contributed by atoms with Crippen molar-refractivity contribution < 1.29 is 9.84 Å². The van der Waals surface area contributed by atoms with Gasteiger partial charge in [-0.05, 0) is 6.92 Å². The van der Waals surface area contributed by atoms with E-state index in [4.69, 9.17) is 5.11 Å². The van der Waals surface area contributed by atoms with Gasteiger partial charge in [-0.15, -0.1) is 0 Å². The van der Waals surface area contributed by atoms with Crippen molar-refractivity contribution in [3.05, 3.63) is 0 Å². The molecule has 3 heteroatoms. The molecule has 0 aromatic heterocycles. The van der Waals surface area contributed by atoms with E-state index in [9.17, 15) is 0 Å². The topological polar surface area (TPSA) is 64.5 Å². The molecule has 0 bridgehead atoms. The van der Waals surface area contributed by atoms with Crippen LogP contribution in [0.15, 0.2) is 0 Å². The third-order valence-electron chi connectivity index (χ3n) is 0. The molecule has 0 rings (SSSR count). The molecule has 7 heavy (non-hydrogen) atoms. The van der Waals surface area contributed by atoms with Gasteiger partial charge in [-0.25, -0.2) is 0 Å². The van der Waals surface area contributed by atoms with Crippen molar-refractivity contribution >= 4 is 0 Å². The molecule has 0 aromatic carbocycles. The van der Waals surface area contributed by atoms with Crippen LogP contribution in [0.5, 0.6) is 0 Å². The van der Waals surface area contributed by atoms with Gasteiger partial charge in [-0.2, -0.15) is 0 Å². The van der Waals surface area contributed by atoms with Crippen molar-refractivity contribution in [3.8, 4) is 0 Å². The van der Waals surface area contributed by atoms with E-state index in [-0.39, 0.29) is 12.8 Å². The van der Waals surface area contributed by atoms with E-state index >= 15 is 0 Å². The van der Waals surface area contributed by atoms with Gasteiger partial charge < -0.3 is 16.0 Å². The SMILES string of the molecule is CCO.COC.N. The molecular weight excluding hydrogens is 94.0 g/mol. The first-order chi connectivity index (χ1) is 2.83. The highest BCUT2D eigenvalue weighted by Crippen LogP contribution is 1.30. The third-order valence-corrected chi connectivity index (χ3v) is 0. The molecule has 0 aliphatic rings. The molecule has 4 N–H and O–H groups in total. The van der Waals surface area contributed by atoms with Crippen LogP contribution in [0.4, 0.5) is 0 Å². The summed E-state index contributed by atoms with van der Waals surface area (Å²) in [4.78, 5) is 0. The summed E-state index contributed by atoms with van der Waals surface area (Å²) in [5, 5.41) is 7.57. The Bertz CT molecular complexity index is 11.7. The summed E-state index contributed by atoms with van der Waals surface area (Å²) in [6.45, 7) is 1.93. The Kier molecular flexibility index (Phi) is 89.4. The quantitative estimate of drug-likeness (QED) is 0.474. The number of methoxy groups -OCH3 is 1. The van der Waals surface area contributed by atoms with Crippen LogP contribution in [0.25, 0.3) is 0 Å². The molecule has 0 spiro atoms. The van der Waals surface area contributed by atoms with Crippen LogP contribution in [-0.2, 0) is 4.74 Å². The van der Waals surface area contributed by atoms with Crippen LogP contribution in [0, 0.1) is 0 Å². The zero-order valence-electron chi connectivity index (χ0n) is 5.27. The minimum Gasteiger partial charge on any atom is -0.397 e. The van der Waals surface area contributed by atoms with Gasteiger partial charge in [0.25, 0.3) is 0 Å². The number of rotatable bonds is 0. The largest absolute Gasteiger partial charge is 0.397 e. The van der Waals surface area contributed by atoms with E-state index in [0.29, 0.717) is 0 Å². The second-order valence-electron chi connectivity index (χ2n) is 0.724. The summed E-state index contributed by atoms with van der Waals surface area (Å²) in [5.41, 5.74) is 0. The van der Waals surface area contributed by atoms with E-state index in [1.807, 2.05) is 0 Å². The summed E-state index contributed by atoms with van der Waals surface area (Å²) in [7, 11) is 3.25. The predicted molar refractivity (Wildman–Crippen MR) is 30.7 cm³/mol. The molecule has 0 aliphatic carbocycles. The van der Waals surface area contributed by atoms with E-state index in [2.05, 4.69) is 4.74 Å². The van der Waals surface area contributed by atoms with Crippen LogP contribution < -0.4 is 6.15 Å². The first kappa shape index (κ1) is 15.8. The maximum Gasteiger partial charge on any atom is 0.0402 e. The first-order valence-electron chi connectivity index (χ1n) is 1.84. The highest BCUT2D eigenvalue weighted by atomic mass is 16.4. The Hall–Kier alpha value is -0.120. The zero-order valence-corrected chi connectivity index (χ0v) is 5.27. The molecule has 0 saturated carbocycles. The van der Waals surface area contributed by atoms with Crippen molar-refractivity contribution in [2.24, 2.45) is 0 Å². The van der Waals surface area contributed by atoms with E-state index < -0.39 is 0 Å². The summed E-state index contributed by atoms with van der Waals surface area (Å²) < 4.78 is 4.25. The van der Waals surface area contributed by atoms with E-state index in [0.717, 1.165) is 0 Å². The Balaban J connectivity index is -0.0000000400. The monoisotopic (exact) mass is 109 g/mol. The third kappa shape index (κ3) is 6150. The second kappa shape index (κ2) is 39.6. The fourth-order valence-electron chi connectivity index (χ4n) is 0. The van der Waals surface area contributed by atoms with Gasteiger partial charge in [-0.1, -0.05) is 0 Å². The maximum absolute atomic E-state index is 7.57. The molecule has 48 valence electrons. The minimum atomic E-state index is 0. The highest BCUT2D eigenvalue weighted by molar-refractivity contribution is 3.84. The molecule has 0 radical (unpaired) electrons. The predicted octanol–water partition coefficient (Wildman–Crippen LogP) is 0.423. The van der Waals surface area contributed by atoms with Gasteiger partial charge in [0.2, 0.25) is 0 Å². The van der Waals surface area contributed by atoms with Crippen LogP contribution in [0.2, 0.25) is 0 Å². The summed E-state index contributed by atoms with van der Waals surface area (Å²) in [6.07, 6.45) is 0. The Morgan fingerprint density at radius 1 is 1.43 bits per heavy atom. The molecule has 0 heterocycles. The van der Waals surface area contributed by atoms with Gasteiger partial charge in [0.15, 0.2) is 0 Å². The smallest absolute Gasteiger partial charge is 0.0402 e. The van der Waals surface area contributed by atoms with Crippen molar-refractivity contribution in [2.75, 3.05) is 20.8 Å². The number of ether oxygens (including phenoxy) is 1.